The maximum atomic E-state index is 13.2. The van der Waals surface area contributed by atoms with Gasteiger partial charge in [0.2, 0.25) is 5.95 Å². The monoisotopic (exact) mass is 354 g/mol. The molecule has 2 aromatic rings. The van der Waals surface area contributed by atoms with Crippen LogP contribution in [0.15, 0.2) is 42.0 Å². The molecule has 5 nitrogen and oxygen atoms in total. The Morgan fingerprint density at radius 3 is 2.88 bits per heavy atom. The van der Waals surface area contributed by atoms with Crippen LogP contribution in [0.1, 0.15) is 48.3 Å². The molecular weight excluding hydrogens is 331 g/mol. The number of rotatable bonds is 6. The SMILES string of the molecule is Cc1cc(C(=O)Nc2cccc(F)c2)nc(NCCC2=CCCCC2)n1. The third kappa shape index (κ3) is 5.12. The fourth-order valence-electron chi connectivity index (χ4n) is 2.99. The number of carbonyl (C=O) groups is 1. The van der Waals surface area contributed by atoms with Crippen LogP contribution in [0.25, 0.3) is 0 Å². The molecule has 2 N–H and O–H groups in total. The van der Waals surface area contributed by atoms with Gasteiger partial charge in [-0.3, -0.25) is 4.79 Å². The molecule has 136 valence electrons. The highest BCUT2D eigenvalue weighted by atomic mass is 19.1. The highest BCUT2D eigenvalue weighted by Gasteiger charge is 2.12. The van der Waals surface area contributed by atoms with Crippen LogP contribution in [-0.4, -0.2) is 22.4 Å². The summed E-state index contributed by atoms with van der Waals surface area (Å²) in [6.45, 7) is 2.55. The van der Waals surface area contributed by atoms with Crippen molar-refractivity contribution in [2.45, 2.75) is 39.0 Å². The second-order valence-electron chi connectivity index (χ2n) is 6.47. The highest BCUT2D eigenvalue weighted by Crippen LogP contribution is 2.20. The van der Waals surface area contributed by atoms with E-state index < -0.39 is 5.82 Å². The van der Waals surface area contributed by atoms with Gasteiger partial charge in [0.15, 0.2) is 0 Å². The average Bonchev–Trinajstić information content (AvgIpc) is 2.62. The van der Waals surface area contributed by atoms with E-state index in [1.165, 1.54) is 37.0 Å². The van der Waals surface area contributed by atoms with E-state index in [1.54, 1.807) is 18.2 Å². The van der Waals surface area contributed by atoms with Crippen molar-refractivity contribution < 1.29 is 9.18 Å². The smallest absolute Gasteiger partial charge is 0.274 e. The first-order valence-electron chi connectivity index (χ1n) is 8.94. The number of amides is 1. The Morgan fingerprint density at radius 1 is 1.23 bits per heavy atom. The van der Waals surface area contributed by atoms with Gasteiger partial charge in [-0.15, -0.1) is 0 Å². The third-order valence-corrected chi connectivity index (χ3v) is 4.28. The molecule has 0 aliphatic heterocycles. The number of hydrogen-bond donors (Lipinski definition) is 2. The van der Waals surface area contributed by atoms with Crippen molar-refractivity contribution >= 4 is 17.5 Å². The van der Waals surface area contributed by atoms with Crippen molar-refractivity contribution in [1.82, 2.24) is 9.97 Å². The summed E-state index contributed by atoms with van der Waals surface area (Å²) >= 11 is 0. The van der Waals surface area contributed by atoms with Crippen molar-refractivity contribution in [2.75, 3.05) is 17.2 Å². The van der Waals surface area contributed by atoms with Crippen LogP contribution in [0, 0.1) is 12.7 Å². The maximum Gasteiger partial charge on any atom is 0.274 e. The topological polar surface area (TPSA) is 66.9 Å². The normalized spacial score (nSPS) is 13.8. The largest absolute Gasteiger partial charge is 0.354 e. The second kappa shape index (κ2) is 8.56. The lowest BCUT2D eigenvalue weighted by molar-refractivity contribution is 0.102. The summed E-state index contributed by atoms with van der Waals surface area (Å²) in [5.41, 5.74) is 2.82. The minimum atomic E-state index is -0.402. The number of hydrogen-bond acceptors (Lipinski definition) is 4. The molecule has 0 saturated carbocycles. The molecule has 0 atom stereocenters. The Kier molecular flexibility index (Phi) is 5.94. The quantitative estimate of drug-likeness (QED) is 0.751. The van der Waals surface area contributed by atoms with Crippen LogP contribution >= 0.6 is 0 Å². The average molecular weight is 354 g/mol. The fraction of sp³-hybridized carbons (Fsp3) is 0.350. The first-order chi connectivity index (χ1) is 12.6. The van der Waals surface area contributed by atoms with E-state index in [4.69, 9.17) is 0 Å². The summed E-state index contributed by atoms with van der Waals surface area (Å²) in [5, 5.41) is 5.85. The summed E-state index contributed by atoms with van der Waals surface area (Å²) in [4.78, 5) is 21.0. The van der Waals surface area contributed by atoms with Crippen LogP contribution in [0.4, 0.5) is 16.0 Å². The van der Waals surface area contributed by atoms with Crippen LogP contribution in [-0.2, 0) is 0 Å². The number of nitrogens with zero attached hydrogens (tertiary/aromatic N) is 2. The number of allylic oxidation sites excluding steroid dienone is 1. The fourth-order valence-corrected chi connectivity index (χ4v) is 2.99. The highest BCUT2D eigenvalue weighted by molar-refractivity contribution is 6.03. The zero-order valence-electron chi connectivity index (χ0n) is 14.9. The molecule has 1 aliphatic rings. The number of nitrogens with one attached hydrogen (secondary N) is 2. The zero-order valence-corrected chi connectivity index (χ0v) is 14.9. The summed E-state index contributed by atoms with van der Waals surface area (Å²) in [6, 6.07) is 7.38. The van der Waals surface area contributed by atoms with Gasteiger partial charge < -0.3 is 10.6 Å². The molecule has 0 unspecified atom stereocenters. The van der Waals surface area contributed by atoms with E-state index in [1.807, 2.05) is 6.92 Å². The molecule has 1 amide bonds. The first-order valence-corrected chi connectivity index (χ1v) is 8.94. The van der Waals surface area contributed by atoms with Crippen LogP contribution in [0.3, 0.4) is 0 Å². The second-order valence-corrected chi connectivity index (χ2v) is 6.47. The van der Waals surface area contributed by atoms with Crippen molar-refractivity contribution in [2.24, 2.45) is 0 Å². The summed E-state index contributed by atoms with van der Waals surface area (Å²) in [5.74, 6) is -0.356. The van der Waals surface area contributed by atoms with Gasteiger partial charge in [-0.25, -0.2) is 14.4 Å². The molecule has 0 spiro atoms. The van der Waals surface area contributed by atoms with E-state index in [-0.39, 0.29) is 11.6 Å². The van der Waals surface area contributed by atoms with Gasteiger partial charge in [-0.1, -0.05) is 17.7 Å². The Labute approximate surface area is 152 Å². The predicted octanol–water partition coefficient (Wildman–Crippen LogP) is 4.48. The van der Waals surface area contributed by atoms with Gasteiger partial charge in [-0.05, 0) is 63.3 Å². The Morgan fingerprint density at radius 2 is 2.12 bits per heavy atom. The molecule has 1 aromatic heterocycles. The summed E-state index contributed by atoms with van der Waals surface area (Å²) < 4.78 is 13.2. The molecule has 1 heterocycles. The van der Waals surface area contributed by atoms with Crippen molar-refractivity contribution in [1.29, 1.82) is 0 Å². The molecule has 0 saturated heterocycles. The van der Waals surface area contributed by atoms with Crippen LogP contribution in [0.2, 0.25) is 0 Å². The Hall–Kier alpha value is -2.76. The Bertz CT molecular complexity index is 819. The Balaban J connectivity index is 1.62. The van der Waals surface area contributed by atoms with Gasteiger partial charge in [0.25, 0.3) is 5.91 Å². The predicted molar refractivity (Wildman–Crippen MR) is 101 cm³/mol. The van der Waals surface area contributed by atoms with E-state index in [9.17, 15) is 9.18 Å². The van der Waals surface area contributed by atoms with Gasteiger partial charge in [0, 0.05) is 17.9 Å². The molecule has 1 aromatic carbocycles. The molecule has 3 rings (SSSR count). The lowest BCUT2D eigenvalue weighted by Gasteiger charge is -2.13. The van der Waals surface area contributed by atoms with Gasteiger partial charge in [0.05, 0.1) is 0 Å². The van der Waals surface area contributed by atoms with E-state index in [2.05, 4.69) is 26.7 Å². The number of aryl methyl sites for hydroxylation is 1. The minimum Gasteiger partial charge on any atom is -0.354 e. The molecule has 0 bridgehead atoms. The van der Waals surface area contributed by atoms with E-state index in [0.717, 1.165) is 19.4 Å². The number of carbonyl (C=O) groups excluding carboxylic acids is 1. The molecule has 6 heteroatoms. The summed E-state index contributed by atoms with van der Waals surface area (Å²) in [7, 11) is 0. The zero-order chi connectivity index (χ0) is 18.4. The van der Waals surface area contributed by atoms with Gasteiger partial charge in [0.1, 0.15) is 11.5 Å². The molecule has 0 radical (unpaired) electrons. The van der Waals surface area contributed by atoms with Gasteiger partial charge >= 0.3 is 0 Å². The first kappa shape index (κ1) is 18.0. The minimum absolute atomic E-state index is 0.251. The van der Waals surface area contributed by atoms with Crippen LogP contribution in [0.5, 0.6) is 0 Å². The van der Waals surface area contributed by atoms with Crippen molar-refractivity contribution in [3.8, 4) is 0 Å². The third-order valence-electron chi connectivity index (χ3n) is 4.28. The van der Waals surface area contributed by atoms with Crippen molar-refractivity contribution in [3.63, 3.8) is 0 Å². The standard InChI is InChI=1S/C20H23FN4O/c1-14-12-18(19(26)24-17-9-5-8-16(21)13-17)25-20(23-14)22-11-10-15-6-3-2-4-7-15/h5-6,8-9,12-13H,2-4,7,10-11H2,1H3,(H,24,26)(H,22,23,25). The van der Waals surface area contributed by atoms with Gasteiger partial charge in [-0.2, -0.15) is 0 Å². The molecule has 0 fully saturated rings. The maximum absolute atomic E-state index is 13.2. The van der Waals surface area contributed by atoms with E-state index >= 15 is 0 Å². The number of benzene rings is 1. The number of anilines is 2. The lowest BCUT2D eigenvalue weighted by atomic mass is 9.97. The number of aromatic nitrogens is 2. The molecule has 1 aliphatic carbocycles. The molecule has 26 heavy (non-hydrogen) atoms. The van der Waals surface area contributed by atoms with E-state index in [0.29, 0.717) is 17.3 Å². The lowest BCUT2D eigenvalue weighted by Crippen LogP contribution is -2.16. The number of halogens is 1. The molecular formula is C20H23FN4O. The van der Waals surface area contributed by atoms with Crippen molar-refractivity contribution in [3.05, 3.63) is 59.2 Å². The summed E-state index contributed by atoms with van der Waals surface area (Å²) in [6.07, 6.45) is 8.15. The van der Waals surface area contributed by atoms with Crippen LogP contribution < -0.4 is 10.6 Å².